The topological polar surface area (TPSA) is 66.8 Å². The van der Waals surface area contributed by atoms with Crippen LogP contribution in [0.1, 0.15) is 53.1 Å². The van der Waals surface area contributed by atoms with E-state index in [-0.39, 0.29) is 12.5 Å². The Kier molecular flexibility index (Phi) is 5.82. The third-order valence-electron chi connectivity index (χ3n) is 5.70. The van der Waals surface area contributed by atoms with Gasteiger partial charge in [0.05, 0.1) is 17.8 Å². The van der Waals surface area contributed by atoms with E-state index in [1.807, 2.05) is 31.3 Å². The molecule has 7 heteroatoms. The molecule has 2 aromatic carbocycles. The lowest BCUT2D eigenvalue weighted by atomic mass is 9.95. The predicted molar refractivity (Wildman–Crippen MR) is 124 cm³/mol. The molecule has 4 rings (SSSR count). The van der Waals surface area contributed by atoms with E-state index in [2.05, 4.69) is 29.1 Å². The van der Waals surface area contributed by atoms with Gasteiger partial charge >= 0.3 is 0 Å². The highest BCUT2D eigenvalue weighted by molar-refractivity contribution is 5.94. The van der Waals surface area contributed by atoms with Gasteiger partial charge in [-0.15, -0.1) is 0 Å². The van der Waals surface area contributed by atoms with E-state index in [1.54, 1.807) is 43.0 Å². The van der Waals surface area contributed by atoms with Crippen LogP contribution in [0.15, 0.2) is 48.7 Å². The Morgan fingerprint density at radius 1 is 1.16 bits per heavy atom. The van der Waals surface area contributed by atoms with Gasteiger partial charge < -0.3 is 4.90 Å². The molecule has 32 heavy (non-hydrogen) atoms. The lowest BCUT2D eigenvalue weighted by molar-refractivity contribution is 0.0827. The fourth-order valence-corrected chi connectivity index (χ4v) is 4.10. The molecule has 0 aliphatic heterocycles. The fraction of sp³-hybridized carbons (Fsp3) is 0.320. The van der Waals surface area contributed by atoms with Crippen molar-refractivity contribution in [2.45, 2.75) is 39.4 Å². The van der Waals surface area contributed by atoms with Gasteiger partial charge in [0.2, 0.25) is 0 Å². The first-order chi connectivity index (χ1) is 15.3. The first-order valence-electron chi connectivity index (χ1n) is 10.7. The molecule has 1 atom stereocenters. The van der Waals surface area contributed by atoms with Crippen LogP contribution in [-0.4, -0.2) is 44.9 Å². The summed E-state index contributed by atoms with van der Waals surface area (Å²) in [5.41, 5.74) is 6.00. The summed E-state index contributed by atoms with van der Waals surface area (Å²) in [7, 11) is 3.39. The quantitative estimate of drug-likeness (QED) is 0.450. The van der Waals surface area contributed by atoms with E-state index in [0.29, 0.717) is 17.0 Å². The number of fused-ring (bicyclic) bond motifs is 1. The van der Waals surface area contributed by atoms with Gasteiger partial charge in [-0.3, -0.25) is 14.6 Å². The molecule has 0 saturated carbocycles. The van der Waals surface area contributed by atoms with E-state index >= 15 is 4.39 Å². The highest BCUT2D eigenvalue weighted by Gasteiger charge is 2.19. The van der Waals surface area contributed by atoms with E-state index in [4.69, 9.17) is 0 Å². The summed E-state index contributed by atoms with van der Waals surface area (Å²) >= 11 is 0. The molecule has 1 unspecified atom stereocenters. The molecule has 0 spiro atoms. The van der Waals surface area contributed by atoms with Crippen LogP contribution >= 0.6 is 0 Å². The third-order valence-corrected chi connectivity index (χ3v) is 5.70. The van der Waals surface area contributed by atoms with Gasteiger partial charge in [-0.05, 0) is 36.6 Å². The van der Waals surface area contributed by atoms with Crippen molar-refractivity contribution in [2.24, 2.45) is 0 Å². The van der Waals surface area contributed by atoms with E-state index < -0.39 is 6.17 Å². The minimum Gasteiger partial charge on any atom is -0.345 e. The summed E-state index contributed by atoms with van der Waals surface area (Å²) in [5, 5.41) is 13.2. The van der Waals surface area contributed by atoms with Crippen LogP contribution in [0.25, 0.3) is 22.2 Å². The summed E-state index contributed by atoms with van der Waals surface area (Å²) in [5.74, 6) is 0.221. The minimum absolute atomic E-state index is 0.0890. The first kappa shape index (κ1) is 21.7. The molecule has 1 amide bonds. The van der Waals surface area contributed by atoms with Gasteiger partial charge in [0, 0.05) is 48.1 Å². The van der Waals surface area contributed by atoms with Crippen LogP contribution in [0, 0.1) is 6.92 Å². The Bertz CT molecular complexity index is 1250. The van der Waals surface area contributed by atoms with Crippen molar-refractivity contribution in [1.82, 2.24) is 24.9 Å². The largest absolute Gasteiger partial charge is 0.345 e. The highest BCUT2D eigenvalue weighted by atomic mass is 19.1. The second kappa shape index (κ2) is 8.57. The number of rotatable bonds is 6. The molecule has 0 aliphatic carbocycles. The van der Waals surface area contributed by atoms with Gasteiger partial charge in [0.15, 0.2) is 0 Å². The number of carbonyl (C=O) groups is 1. The number of aromatic nitrogens is 4. The maximum atomic E-state index is 15.1. The molecular weight excluding hydrogens is 405 g/mol. The molecule has 0 bridgehead atoms. The molecule has 166 valence electrons. The predicted octanol–water partition coefficient (Wildman–Crippen LogP) is 5.27. The van der Waals surface area contributed by atoms with Crippen LogP contribution in [0.2, 0.25) is 0 Å². The van der Waals surface area contributed by atoms with Crippen LogP contribution in [-0.2, 0) is 6.54 Å². The molecular formula is C25H28FN5O. The SMILES string of the molecule is Cc1[nH]nc(-c2cccc3nn(CC(F)c4ccc(C(=O)N(C)C)cc4)cc23)c1C(C)C. The van der Waals surface area contributed by atoms with E-state index in [1.165, 1.54) is 10.5 Å². The van der Waals surface area contributed by atoms with Crippen molar-refractivity contribution in [3.8, 4) is 11.3 Å². The molecule has 2 aromatic heterocycles. The first-order valence-corrected chi connectivity index (χ1v) is 10.7. The number of carbonyl (C=O) groups excluding carboxylic acids is 1. The van der Waals surface area contributed by atoms with Crippen LogP contribution in [0.3, 0.4) is 0 Å². The second-order valence-corrected chi connectivity index (χ2v) is 8.64. The number of hydrogen-bond acceptors (Lipinski definition) is 3. The molecule has 2 heterocycles. The number of nitrogens with one attached hydrogen (secondary N) is 1. The molecule has 4 aromatic rings. The van der Waals surface area contributed by atoms with E-state index in [0.717, 1.165) is 27.9 Å². The fourth-order valence-electron chi connectivity index (χ4n) is 4.10. The number of H-pyrrole nitrogens is 1. The average Bonchev–Trinajstić information content (AvgIpc) is 3.35. The third kappa shape index (κ3) is 4.02. The smallest absolute Gasteiger partial charge is 0.253 e. The van der Waals surface area contributed by atoms with Gasteiger partial charge in [-0.2, -0.15) is 10.2 Å². The number of hydrogen-bond donors (Lipinski definition) is 1. The summed E-state index contributed by atoms with van der Waals surface area (Å²) in [6.07, 6.45) is 0.644. The Hall–Kier alpha value is -3.48. The standard InChI is InChI=1S/C25H28FN5O/c1-15(2)23-16(3)27-28-24(23)19-7-6-8-22-20(19)13-31(29-22)14-21(26)17-9-11-18(12-10-17)25(32)30(4)5/h6-13,15,21H,14H2,1-5H3,(H,27,28). The maximum absolute atomic E-state index is 15.1. The number of amides is 1. The zero-order valence-corrected chi connectivity index (χ0v) is 19.1. The normalized spacial score (nSPS) is 12.5. The number of alkyl halides is 1. The highest BCUT2D eigenvalue weighted by Crippen LogP contribution is 2.34. The maximum Gasteiger partial charge on any atom is 0.253 e. The number of benzene rings is 2. The lowest BCUT2D eigenvalue weighted by Crippen LogP contribution is -2.21. The van der Waals surface area contributed by atoms with Crippen molar-refractivity contribution < 1.29 is 9.18 Å². The summed E-state index contributed by atoms with van der Waals surface area (Å²) in [6, 6.07) is 12.6. The van der Waals surface area contributed by atoms with Gasteiger partial charge in [0.1, 0.15) is 6.17 Å². The van der Waals surface area contributed by atoms with Crippen molar-refractivity contribution in [1.29, 1.82) is 0 Å². The Morgan fingerprint density at radius 2 is 1.88 bits per heavy atom. The van der Waals surface area contributed by atoms with Crippen molar-refractivity contribution in [3.63, 3.8) is 0 Å². The Morgan fingerprint density at radius 3 is 2.53 bits per heavy atom. The van der Waals surface area contributed by atoms with E-state index in [9.17, 15) is 4.79 Å². The number of nitrogens with zero attached hydrogens (tertiary/aromatic N) is 4. The van der Waals surface area contributed by atoms with Crippen LogP contribution < -0.4 is 0 Å². The van der Waals surface area contributed by atoms with Crippen molar-refractivity contribution in [3.05, 3.63) is 71.0 Å². The molecule has 0 radical (unpaired) electrons. The van der Waals surface area contributed by atoms with Crippen molar-refractivity contribution >= 4 is 16.8 Å². The molecule has 6 nitrogen and oxygen atoms in total. The summed E-state index contributed by atoms with van der Waals surface area (Å²) < 4.78 is 16.7. The molecule has 0 aliphatic rings. The summed E-state index contributed by atoms with van der Waals surface area (Å²) in [4.78, 5) is 13.5. The van der Waals surface area contributed by atoms with Gasteiger partial charge in [0.25, 0.3) is 5.91 Å². The van der Waals surface area contributed by atoms with Crippen LogP contribution in [0.5, 0.6) is 0 Å². The zero-order valence-electron chi connectivity index (χ0n) is 19.1. The number of aryl methyl sites for hydroxylation is 1. The Labute approximate surface area is 187 Å². The van der Waals surface area contributed by atoms with Gasteiger partial charge in [-0.1, -0.05) is 38.1 Å². The Balaban J connectivity index is 1.62. The van der Waals surface area contributed by atoms with Crippen molar-refractivity contribution in [2.75, 3.05) is 14.1 Å². The van der Waals surface area contributed by atoms with Crippen LogP contribution in [0.4, 0.5) is 4.39 Å². The molecule has 0 fully saturated rings. The minimum atomic E-state index is -1.24. The summed E-state index contributed by atoms with van der Waals surface area (Å²) in [6.45, 7) is 6.41. The zero-order chi connectivity index (χ0) is 23.0. The van der Waals surface area contributed by atoms with Gasteiger partial charge in [-0.25, -0.2) is 4.39 Å². The average molecular weight is 434 g/mol. The second-order valence-electron chi connectivity index (χ2n) is 8.64. The molecule has 1 N–H and O–H groups in total. The molecule has 0 saturated heterocycles. The monoisotopic (exact) mass is 433 g/mol. The lowest BCUT2D eigenvalue weighted by Gasteiger charge is -2.12. The number of halogens is 1. The number of aromatic amines is 1.